The second-order valence-electron chi connectivity index (χ2n) is 4.82. The lowest BCUT2D eigenvalue weighted by Gasteiger charge is -2.26. The molecule has 2 N–H and O–H groups in total. The maximum atomic E-state index is 11.9. The number of carboxylic acid groups (broad SMARTS) is 1. The zero-order valence-electron chi connectivity index (χ0n) is 11.8. The first kappa shape index (κ1) is 15.5. The molecular formula is C13H20N4O4. The van der Waals surface area contributed by atoms with E-state index >= 15 is 0 Å². The van der Waals surface area contributed by atoms with Crippen LogP contribution in [0.3, 0.4) is 0 Å². The molecule has 0 saturated carbocycles. The normalized spacial score (nSPS) is 15.8. The zero-order valence-corrected chi connectivity index (χ0v) is 11.8. The highest BCUT2D eigenvalue weighted by Crippen LogP contribution is 1.98. The van der Waals surface area contributed by atoms with Crippen molar-refractivity contribution in [2.75, 3.05) is 39.4 Å². The van der Waals surface area contributed by atoms with Gasteiger partial charge in [0.1, 0.15) is 5.69 Å². The molecule has 2 heterocycles. The lowest BCUT2D eigenvalue weighted by Crippen LogP contribution is -2.41. The Bertz CT molecular complexity index is 482. The fraction of sp³-hybridized carbons (Fsp3) is 0.615. The lowest BCUT2D eigenvalue weighted by molar-refractivity contribution is -0.137. The van der Waals surface area contributed by atoms with E-state index in [1.54, 1.807) is 12.3 Å². The van der Waals surface area contributed by atoms with E-state index in [9.17, 15) is 9.59 Å². The molecule has 0 spiro atoms. The summed E-state index contributed by atoms with van der Waals surface area (Å²) in [5.41, 5.74) is 0.308. The molecule has 2 rings (SSSR count). The smallest absolute Gasteiger partial charge is 0.305 e. The molecule has 0 aromatic carbocycles. The largest absolute Gasteiger partial charge is 0.481 e. The standard InChI is InChI=1S/C13H20N4O4/c18-12(19)2-5-17-4-1-11(15-17)13(20)14-3-6-16-7-9-21-10-8-16/h1,4H,2-3,5-10H2,(H,14,20)(H,18,19). The molecule has 8 heteroatoms. The van der Waals surface area contributed by atoms with Crippen molar-refractivity contribution in [3.05, 3.63) is 18.0 Å². The summed E-state index contributed by atoms with van der Waals surface area (Å²) in [6.07, 6.45) is 1.60. The van der Waals surface area contributed by atoms with Gasteiger partial charge in [-0.05, 0) is 6.07 Å². The number of carbonyl (C=O) groups is 2. The molecule has 1 aliphatic heterocycles. The average Bonchev–Trinajstić information content (AvgIpc) is 2.95. The number of aryl methyl sites for hydroxylation is 1. The summed E-state index contributed by atoms with van der Waals surface area (Å²) in [5.74, 6) is -1.13. The number of morpholine rings is 1. The van der Waals surface area contributed by atoms with Gasteiger partial charge in [-0.15, -0.1) is 0 Å². The van der Waals surface area contributed by atoms with Crippen LogP contribution in [0.1, 0.15) is 16.9 Å². The van der Waals surface area contributed by atoms with Gasteiger partial charge in [0.15, 0.2) is 0 Å². The Labute approximate surface area is 122 Å². The molecule has 1 aliphatic rings. The highest BCUT2D eigenvalue weighted by molar-refractivity contribution is 5.92. The predicted molar refractivity (Wildman–Crippen MR) is 74.1 cm³/mol. The minimum absolute atomic E-state index is 0.0141. The van der Waals surface area contributed by atoms with Crippen LogP contribution in [0.4, 0.5) is 0 Å². The first-order valence-electron chi connectivity index (χ1n) is 6.99. The Morgan fingerprint density at radius 3 is 2.81 bits per heavy atom. The van der Waals surface area contributed by atoms with Crippen molar-refractivity contribution in [1.29, 1.82) is 0 Å². The lowest BCUT2D eigenvalue weighted by atomic mass is 10.4. The summed E-state index contributed by atoms with van der Waals surface area (Å²) in [5, 5.41) is 15.5. The zero-order chi connectivity index (χ0) is 15.1. The van der Waals surface area contributed by atoms with Crippen LogP contribution in [0.2, 0.25) is 0 Å². The van der Waals surface area contributed by atoms with Crippen molar-refractivity contribution in [1.82, 2.24) is 20.0 Å². The van der Waals surface area contributed by atoms with Crippen LogP contribution in [-0.2, 0) is 16.1 Å². The van der Waals surface area contributed by atoms with Crippen molar-refractivity contribution in [3.8, 4) is 0 Å². The van der Waals surface area contributed by atoms with E-state index < -0.39 is 5.97 Å². The van der Waals surface area contributed by atoms with Gasteiger partial charge in [-0.3, -0.25) is 19.2 Å². The molecule has 1 amide bonds. The maximum absolute atomic E-state index is 11.9. The van der Waals surface area contributed by atoms with Gasteiger partial charge in [0, 0.05) is 32.4 Å². The molecule has 1 saturated heterocycles. The molecule has 0 radical (unpaired) electrons. The van der Waals surface area contributed by atoms with Crippen molar-refractivity contribution >= 4 is 11.9 Å². The second kappa shape index (κ2) is 7.75. The van der Waals surface area contributed by atoms with Gasteiger partial charge < -0.3 is 15.2 Å². The molecule has 0 unspecified atom stereocenters. The van der Waals surface area contributed by atoms with Crippen LogP contribution in [0, 0.1) is 0 Å². The number of carboxylic acids is 1. The van der Waals surface area contributed by atoms with E-state index in [4.69, 9.17) is 9.84 Å². The van der Waals surface area contributed by atoms with Gasteiger partial charge in [-0.1, -0.05) is 0 Å². The Morgan fingerprint density at radius 1 is 1.33 bits per heavy atom. The van der Waals surface area contributed by atoms with Crippen LogP contribution in [0.25, 0.3) is 0 Å². The summed E-state index contributed by atoms with van der Waals surface area (Å²) in [6.45, 7) is 4.86. The fourth-order valence-corrected chi connectivity index (χ4v) is 2.06. The van der Waals surface area contributed by atoms with E-state index in [2.05, 4.69) is 15.3 Å². The Hall–Kier alpha value is -1.93. The summed E-state index contributed by atoms with van der Waals surface area (Å²) >= 11 is 0. The molecule has 1 fully saturated rings. The molecule has 1 aromatic heterocycles. The van der Waals surface area contributed by atoms with Crippen molar-refractivity contribution in [2.24, 2.45) is 0 Å². The van der Waals surface area contributed by atoms with Gasteiger partial charge in [0.05, 0.1) is 26.2 Å². The predicted octanol–water partition coefficient (Wildman–Crippen LogP) is -0.580. The molecule has 8 nitrogen and oxygen atoms in total. The minimum Gasteiger partial charge on any atom is -0.481 e. The molecule has 0 aliphatic carbocycles. The quantitative estimate of drug-likeness (QED) is 0.699. The monoisotopic (exact) mass is 296 g/mol. The average molecular weight is 296 g/mol. The number of nitrogens with one attached hydrogen (secondary N) is 1. The van der Waals surface area contributed by atoms with Crippen molar-refractivity contribution in [2.45, 2.75) is 13.0 Å². The van der Waals surface area contributed by atoms with Gasteiger partial charge in [0.2, 0.25) is 0 Å². The number of rotatable bonds is 7. The highest BCUT2D eigenvalue weighted by atomic mass is 16.5. The Kier molecular flexibility index (Phi) is 5.70. The Balaban J connectivity index is 1.71. The molecular weight excluding hydrogens is 276 g/mol. The van der Waals surface area contributed by atoms with Crippen LogP contribution in [0.15, 0.2) is 12.3 Å². The molecule has 21 heavy (non-hydrogen) atoms. The van der Waals surface area contributed by atoms with Gasteiger partial charge in [-0.2, -0.15) is 5.10 Å². The first-order chi connectivity index (χ1) is 10.1. The van der Waals surface area contributed by atoms with E-state index in [1.165, 1.54) is 4.68 Å². The number of aliphatic carboxylic acids is 1. The molecule has 116 valence electrons. The number of hydrogen-bond acceptors (Lipinski definition) is 5. The number of amides is 1. The van der Waals surface area contributed by atoms with E-state index in [1.807, 2.05) is 0 Å². The molecule has 0 atom stereocenters. The number of ether oxygens (including phenoxy) is 1. The first-order valence-corrected chi connectivity index (χ1v) is 6.99. The third-order valence-corrected chi connectivity index (χ3v) is 3.25. The topological polar surface area (TPSA) is 96.7 Å². The summed E-state index contributed by atoms with van der Waals surface area (Å²) in [6, 6.07) is 1.59. The van der Waals surface area contributed by atoms with Crippen LogP contribution in [-0.4, -0.2) is 71.1 Å². The van der Waals surface area contributed by atoms with Crippen molar-refractivity contribution < 1.29 is 19.4 Å². The van der Waals surface area contributed by atoms with Crippen LogP contribution >= 0.6 is 0 Å². The number of aromatic nitrogens is 2. The Morgan fingerprint density at radius 2 is 2.10 bits per heavy atom. The van der Waals surface area contributed by atoms with Crippen molar-refractivity contribution in [3.63, 3.8) is 0 Å². The van der Waals surface area contributed by atoms with Gasteiger partial charge >= 0.3 is 5.97 Å². The van der Waals surface area contributed by atoms with E-state index in [-0.39, 0.29) is 18.9 Å². The summed E-state index contributed by atoms with van der Waals surface area (Å²) in [4.78, 5) is 24.6. The maximum Gasteiger partial charge on any atom is 0.305 e. The van der Waals surface area contributed by atoms with E-state index in [0.717, 1.165) is 32.8 Å². The minimum atomic E-state index is -0.887. The molecule has 1 aromatic rings. The SMILES string of the molecule is O=C(O)CCn1ccc(C(=O)NCCN2CCOCC2)n1. The van der Waals surface area contributed by atoms with Gasteiger partial charge in [-0.25, -0.2) is 0 Å². The number of carbonyl (C=O) groups excluding carboxylic acids is 1. The van der Waals surface area contributed by atoms with E-state index in [0.29, 0.717) is 12.2 Å². The van der Waals surface area contributed by atoms with Crippen LogP contribution in [0.5, 0.6) is 0 Å². The highest BCUT2D eigenvalue weighted by Gasteiger charge is 2.12. The molecule has 0 bridgehead atoms. The second-order valence-corrected chi connectivity index (χ2v) is 4.82. The third kappa shape index (κ3) is 5.16. The number of nitrogens with zero attached hydrogens (tertiary/aromatic N) is 3. The number of hydrogen-bond donors (Lipinski definition) is 2. The summed E-state index contributed by atoms with van der Waals surface area (Å²) < 4.78 is 6.72. The third-order valence-electron chi connectivity index (χ3n) is 3.25. The van der Waals surface area contributed by atoms with Crippen LogP contribution < -0.4 is 5.32 Å². The summed E-state index contributed by atoms with van der Waals surface area (Å²) in [7, 11) is 0. The van der Waals surface area contributed by atoms with Gasteiger partial charge in [0.25, 0.3) is 5.91 Å². The fourth-order valence-electron chi connectivity index (χ4n) is 2.06.